The van der Waals surface area contributed by atoms with Crippen LogP contribution in [0.1, 0.15) is 18.9 Å². The maximum atomic E-state index is 12.4. The molecule has 16 heteroatoms. The van der Waals surface area contributed by atoms with Gasteiger partial charge in [0.1, 0.15) is 36.4 Å². The molecule has 1 saturated heterocycles. The van der Waals surface area contributed by atoms with Crippen LogP contribution in [0.15, 0.2) is 9.98 Å². The van der Waals surface area contributed by atoms with Crippen molar-refractivity contribution < 1.29 is 50.8 Å². The van der Waals surface area contributed by atoms with Crippen molar-refractivity contribution in [2.45, 2.75) is 37.0 Å². The molecule has 0 bridgehead atoms. The molecule has 2 rings (SSSR count). The number of amides is 1. The van der Waals surface area contributed by atoms with Crippen molar-refractivity contribution in [3.8, 4) is 17.7 Å². The molecule has 182 valence electrons. The van der Waals surface area contributed by atoms with Crippen molar-refractivity contribution in [1.29, 1.82) is 5.26 Å². The van der Waals surface area contributed by atoms with Gasteiger partial charge in [0.15, 0.2) is 5.75 Å². The lowest BCUT2D eigenvalue weighted by atomic mass is 9.80. The summed E-state index contributed by atoms with van der Waals surface area (Å²) in [7, 11) is 1.05. The number of carbonyl (C=O) groups is 1. The Bertz CT molecular complexity index is 1010. The third-order valence-electron chi connectivity index (χ3n) is 5.41. The maximum absolute atomic E-state index is 12.4. The number of aliphatic hydroxyl groups is 7. The Kier molecular flexibility index (Phi) is 6.74. The average molecular weight is 472 g/mol. The Morgan fingerprint density at radius 2 is 1.85 bits per heavy atom. The largest absolute Gasteiger partial charge is 0.503 e. The fraction of sp³-hybridized carbons (Fsp3) is 0.529. The summed E-state index contributed by atoms with van der Waals surface area (Å²) in [6.07, 6.45) is -1.11. The number of aromatic nitrogens is 1. The molecular weight excluding hydrogens is 448 g/mol. The minimum Gasteiger partial charge on any atom is -0.503 e. The monoisotopic (exact) mass is 472 g/mol. The number of nitrogens with zero attached hydrogens (tertiary/aromatic N) is 5. The molecule has 1 aliphatic rings. The van der Waals surface area contributed by atoms with E-state index in [4.69, 9.17) is 5.26 Å². The first kappa shape index (κ1) is 26.0. The maximum Gasteiger partial charge on any atom is 0.310 e. The van der Waals surface area contributed by atoms with Crippen LogP contribution in [-0.2, 0) is 4.79 Å². The van der Waals surface area contributed by atoms with Crippen LogP contribution in [0.2, 0.25) is 0 Å². The third-order valence-corrected chi connectivity index (χ3v) is 5.41. The number of hydrogen-bond donors (Lipinski definition) is 10. The predicted octanol–water partition coefficient (Wildman–Crippen LogP) is -3.90. The highest BCUT2D eigenvalue weighted by atomic mass is 16.6. The zero-order chi connectivity index (χ0) is 25.5. The first-order chi connectivity index (χ1) is 15.1. The summed E-state index contributed by atoms with van der Waals surface area (Å²) in [5.74, 6) is -17.1. The molecule has 2 atom stereocenters. The Morgan fingerprint density at radius 1 is 1.27 bits per heavy atom. The predicted molar refractivity (Wildman–Crippen MR) is 106 cm³/mol. The minimum absolute atomic E-state index is 0.288. The highest BCUT2D eigenvalue weighted by Crippen LogP contribution is 2.46. The lowest BCUT2D eigenvalue weighted by Crippen LogP contribution is -2.84. The fourth-order valence-electron chi connectivity index (χ4n) is 3.85. The van der Waals surface area contributed by atoms with Crippen molar-refractivity contribution in [2.24, 2.45) is 15.9 Å². The van der Waals surface area contributed by atoms with Crippen LogP contribution >= 0.6 is 0 Å². The van der Waals surface area contributed by atoms with Crippen LogP contribution in [0.4, 0.5) is 5.82 Å². The number of aliphatic imine (C=N–C) groups is 2. The SMILES string of the molecule is C=Nc1[nH]c(O)c(O)c1C(=NCO)N(C)C1C(C)C(O)(O)C(O)(O)N(C(=O)CC#N)C1(O)O. The zero-order valence-corrected chi connectivity index (χ0v) is 17.4. The molecule has 0 aromatic carbocycles. The number of aliphatic hydroxyl groups excluding tert-OH is 1. The molecule has 1 amide bonds. The van der Waals surface area contributed by atoms with Crippen molar-refractivity contribution >= 4 is 24.3 Å². The van der Waals surface area contributed by atoms with Gasteiger partial charge in [0, 0.05) is 13.0 Å². The zero-order valence-electron chi connectivity index (χ0n) is 17.4. The Labute approximate surface area is 185 Å². The summed E-state index contributed by atoms with van der Waals surface area (Å²) < 4.78 is 0. The van der Waals surface area contributed by atoms with Gasteiger partial charge in [-0.05, 0) is 6.72 Å². The van der Waals surface area contributed by atoms with Crippen molar-refractivity contribution in [3.63, 3.8) is 0 Å². The molecule has 0 radical (unpaired) electrons. The second-order valence-electron chi connectivity index (χ2n) is 7.28. The van der Waals surface area contributed by atoms with Gasteiger partial charge in [0.25, 0.3) is 5.91 Å². The molecule has 0 spiro atoms. The number of likely N-dealkylation sites (tertiary alicyclic amines) is 1. The van der Waals surface area contributed by atoms with Gasteiger partial charge in [-0.15, -0.1) is 0 Å². The number of likely N-dealkylation sites (N-methyl/N-ethyl adjacent to an activating group) is 1. The number of H-pyrrole nitrogens is 1. The number of nitriles is 1. The molecule has 0 saturated carbocycles. The van der Waals surface area contributed by atoms with E-state index in [9.17, 15) is 50.8 Å². The van der Waals surface area contributed by atoms with E-state index in [0.29, 0.717) is 0 Å². The standard InChI is InChI=1S/C17H24N6O10/c1-7-11(16(30,31)23(8(25)4-5-18)17(32,33)15(7,28)29)22(3)13(20-6-24)9-10(26)14(27)21-12(9)19-2/h7,11,21,24,26-33H,2,4,6H2,1,3H3. The number of nitrogens with one attached hydrogen (secondary N) is 1. The molecule has 10 N–H and O–H groups in total. The van der Waals surface area contributed by atoms with Gasteiger partial charge < -0.3 is 55.8 Å². The van der Waals surface area contributed by atoms with Crippen LogP contribution in [0.3, 0.4) is 0 Å². The smallest absolute Gasteiger partial charge is 0.310 e. The molecule has 2 unspecified atom stereocenters. The number of amidine groups is 1. The molecule has 16 nitrogen and oxygen atoms in total. The van der Waals surface area contributed by atoms with E-state index in [1.807, 2.05) is 0 Å². The average Bonchev–Trinajstić information content (AvgIpc) is 2.98. The van der Waals surface area contributed by atoms with E-state index in [1.165, 1.54) is 6.07 Å². The lowest BCUT2D eigenvalue weighted by molar-refractivity contribution is -0.500. The number of carbonyl (C=O) groups excluding carboxylic acids is 1. The van der Waals surface area contributed by atoms with Crippen LogP contribution in [-0.4, -0.2) is 117 Å². The van der Waals surface area contributed by atoms with Crippen LogP contribution in [0.5, 0.6) is 11.6 Å². The number of piperidine rings is 1. The van der Waals surface area contributed by atoms with Gasteiger partial charge in [-0.25, -0.2) is 14.9 Å². The summed E-state index contributed by atoms with van der Waals surface area (Å²) in [5, 5.41) is 101. The summed E-state index contributed by atoms with van der Waals surface area (Å²) in [5.41, 5.74) is -0.414. The summed E-state index contributed by atoms with van der Waals surface area (Å²) in [6.45, 7) is 3.22. The fourth-order valence-corrected chi connectivity index (χ4v) is 3.85. The molecular formula is C17H24N6O10. The van der Waals surface area contributed by atoms with Crippen molar-refractivity contribution in [2.75, 3.05) is 13.8 Å². The van der Waals surface area contributed by atoms with Crippen molar-refractivity contribution in [3.05, 3.63) is 5.56 Å². The second kappa shape index (κ2) is 8.57. The van der Waals surface area contributed by atoms with Gasteiger partial charge >= 0.3 is 5.91 Å². The minimum atomic E-state index is -3.97. The Balaban J connectivity index is 2.76. The second-order valence-corrected chi connectivity index (χ2v) is 7.28. The summed E-state index contributed by atoms with van der Waals surface area (Å²) >= 11 is 0. The molecule has 33 heavy (non-hydrogen) atoms. The Morgan fingerprint density at radius 3 is 2.33 bits per heavy atom. The van der Waals surface area contributed by atoms with E-state index in [2.05, 4.69) is 21.7 Å². The molecule has 2 heterocycles. The van der Waals surface area contributed by atoms with Gasteiger partial charge in [-0.3, -0.25) is 4.79 Å². The number of rotatable bonds is 5. The van der Waals surface area contributed by atoms with E-state index in [1.54, 1.807) is 0 Å². The van der Waals surface area contributed by atoms with Crippen LogP contribution in [0, 0.1) is 17.2 Å². The van der Waals surface area contributed by atoms with Crippen LogP contribution < -0.4 is 0 Å². The third kappa shape index (κ3) is 3.77. The molecule has 0 aliphatic carbocycles. The summed E-state index contributed by atoms with van der Waals surface area (Å²) in [6, 6.07) is -0.704. The van der Waals surface area contributed by atoms with Crippen molar-refractivity contribution in [1.82, 2.24) is 14.8 Å². The first-order valence-corrected chi connectivity index (χ1v) is 9.16. The normalized spacial score (nSPS) is 23.6. The molecule has 1 fully saturated rings. The van der Waals surface area contributed by atoms with Gasteiger partial charge in [0.2, 0.25) is 17.6 Å². The lowest BCUT2D eigenvalue weighted by Gasteiger charge is -2.59. The highest BCUT2D eigenvalue weighted by molar-refractivity contribution is 6.06. The number of aromatic amines is 1. The molecule has 1 aliphatic heterocycles. The topological polar surface area (TPSA) is 270 Å². The number of aromatic hydroxyl groups is 2. The van der Waals surface area contributed by atoms with Gasteiger partial charge in [-0.1, -0.05) is 6.92 Å². The van der Waals surface area contributed by atoms with Gasteiger partial charge in [0.05, 0.1) is 6.07 Å². The number of hydrogen-bond acceptors (Lipinski definition) is 13. The van der Waals surface area contributed by atoms with Crippen LogP contribution in [0.25, 0.3) is 0 Å². The Hall–Kier alpha value is -3.30. The van der Waals surface area contributed by atoms with E-state index < -0.39 is 76.6 Å². The molecule has 1 aromatic heterocycles. The molecule has 1 aromatic rings. The van der Waals surface area contributed by atoms with E-state index in [-0.39, 0.29) is 5.82 Å². The quantitative estimate of drug-likeness (QED) is 0.112. The van der Waals surface area contributed by atoms with Gasteiger partial charge in [-0.2, -0.15) is 5.26 Å². The van der Waals surface area contributed by atoms with E-state index in [0.717, 1.165) is 18.9 Å². The highest BCUT2D eigenvalue weighted by Gasteiger charge is 2.72. The summed E-state index contributed by atoms with van der Waals surface area (Å²) in [4.78, 5) is 22.1. The first-order valence-electron chi connectivity index (χ1n) is 9.16. The van der Waals surface area contributed by atoms with E-state index >= 15 is 0 Å².